The predicted octanol–water partition coefficient (Wildman–Crippen LogP) is 3.78. The van der Waals surface area contributed by atoms with Gasteiger partial charge < -0.3 is 9.47 Å². The summed E-state index contributed by atoms with van der Waals surface area (Å²) in [7, 11) is 3.28. The molecule has 0 saturated heterocycles. The Hall–Kier alpha value is -2.30. The number of rotatable bonds is 4. The largest absolute Gasteiger partial charge is 0.493 e. The van der Waals surface area contributed by atoms with Gasteiger partial charge in [-0.3, -0.25) is 4.79 Å². The van der Waals surface area contributed by atoms with Gasteiger partial charge in [-0.15, -0.1) is 0 Å². The molecule has 4 rings (SSSR count). The van der Waals surface area contributed by atoms with Crippen LogP contribution in [0.1, 0.15) is 44.1 Å². The summed E-state index contributed by atoms with van der Waals surface area (Å²) in [5.41, 5.74) is 2.02. The van der Waals surface area contributed by atoms with E-state index in [4.69, 9.17) is 14.6 Å². The molecule has 1 saturated carbocycles. The van der Waals surface area contributed by atoms with Crippen molar-refractivity contribution in [2.45, 2.75) is 44.6 Å². The number of hydrazone groups is 1. The molecule has 1 aromatic rings. The molecule has 0 aromatic heterocycles. The van der Waals surface area contributed by atoms with Crippen molar-refractivity contribution < 1.29 is 14.3 Å². The molecule has 1 aromatic carbocycles. The first-order valence-electron chi connectivity index (χ1n) is 9.52. The molecule has 0 radical (unpaired) electrons. The fraction of sp³-hybridized carbons (Fsp3) is 0.524. The second-order valence-electron chi connectivity index (χ2n) is 7.33. The fourth-order valence-corrected chi connectivity index (χ4v) is 4.48. The maximum Gasteiger partial charge on any atom is 0.247 e. The van der Waals surface area contributed by atoms with Crippen LogP contribution in [0.15, 0.2) is 35.5 Å². The van der Waals surface area contributed by atoms with Crippen molar-refractivity contribution in [2.75, 3.05) is 14.2 Å². The molecule has 0 N–H and O–H groups in total. The topological polar surface area (TPSA) is 51.1 Å². The third-order valence-corrected chi connectivity index (χ3v) is 5.89. The van der Waals surface area contributed by atoms with Crippen molar-refractivity contribution in [2.24, 2.45) is 16.9 Å². The lowest BCUT2D eigenvalue weighted by atomic mass is 9.76. The number of hydrogen-bond acceptors (Lipinski definition) is 4. The van der Waals surface area contributed by atoms with Crippen molar-refractivity contribution in [1.29, 1.82) is 0 Å². The highest BCUT2D eigenvalue weighted by Crippen LogP contribution is 2.39. The lowest BCUT2D eigenvalue weighted by Gasteiger charge is -2.39. The Morgan fingerprint density at radius 2 is 1.69 bits per heavy atom. The van der Waals surface area contributed by atoms with Crippen LogP contribution < -0.4 is 9.47 Å². The van der Waals surface area contributed by atoms with E-state index in [1.807, 2.05) is 18.2 Å². The summed E-state index contributed by atoms with van der Waals surface area (Å²) in [6.07, 6.45) is 10.5. The van der Waals surface area contributed by atoms with Gasteiger partial charge >= 0.3 is 0 Å². The second kappa shape index (κ2) is 7.14. The van der Waals surface area contributed by atoms with E-state index < -0.39 is 0 Å². The molecule has 1 aliphatic heterocycles. The molecule has 3 aliphatic rings. The standard InChI is InChI=1S/C21H26N2O3/c1-25-18-12-11-14(13-19(18)26-2)20-16-9-5-6-10-17(16)21(24)23(22-20)15-7-3-4-8-15/h5-6,11-13,15-17H,3-4,7-10H2,1-2H3/t16-,17+/m1/s1. The summed E-state index contributed by atoms with van der Waals surface area (Å²) < 4.78 is 10.8. The van der Waals surface area contributed by atoms with Gasteiger partial charge in [0.05, 0.1) is 31.9 Å². The summed E-state index contributed by atoms with van der Waals surface area (Å²) in [5, 5.41) is 6.71. The Morgan fingerprint density at radius 1 is 1.00 bits per heavy atom. The van der Waals surface area contributed by atoms with Crippen molar-refractivity contribution >= 4 is 11.6 Å². The zero-order valence-corrected chi connectivity index (χ0v) is 15.5. The lowest BCUT2D eigenvalue weighted by molar-refractivity contribution is -0.140. The molecule has 0 unspecified atom stereocenters. The molecular formula is C21H26N2O3. The summed E-state index contributed by atoms with van der Waals surface area (Å²) in [5.74, 6) is 1.75. The van der Waals surface area contributed by atoms with Crippen molar-refractivity contribution in [3.05, 3.63) is 35.9 Å². The number of fused-ring (bicyclic) bond motifs is 1. The molecule has 0 bridgehead atoms. The predicted molar refractivity (Wildman–Crippen MR) is 101 cm³/mol. The summed E-state index contributed by atoms with van der Waals surface area (Å²) in [6.45, 7) is 0. The second-order valence-corrected chi connectivity index (χ2v) is 7.33. The minimum absolute atomic E-state index is 0.00111. The average molecular weight is 354 g/mol. The van der Waals surface area contributed by atoms with Gasteiger partial charge in [-0.05, 0) is 43.9 Å². The van der Waals surface area contributed by atoms with Crippen LogP contribution in [-0.2, 0) is 4.79 Å². The number of amides is 1. The number of carbonyl (C=O) groups excluding carboxylic acids is 1. The van der Waals surface area contributed by atoms with Gasteiger partial charge in [-0.2, -0.15) is 5.10 Å². The quantitative estimate of drug-likeness (QED) is 0.773. The van der Waals surface area contributed by atoms with Crippen molar-refractivity contribution in [3.8, 4) is 11.5 Å². The Labute approximate surface area is 154 Å². The Balaban J connectivity index is 1.76. The molecule has 5 heteroatoms. The number of hydrogen-bond donors (Lipinski definition) is 0. The van der Waals surface area contributed by atoms with Gasteiger partial charge in [-0.25, -0.2) is 5.01 Å². The van der Waals surface area contributed by atoms with Crippen LogP contribution in [0.3, 0.4) is 0 Å². The van der Waals surface area contributed by atoms with Crippen molar-refractivity contribution in [3.63, 3.8) is 0 Å². The molecule has 1 fully saturated rings. The molecule has 2 atom stereocenters. The maximum atomic E-state index is 13.1. The Bertz CT molecular complexity index is 750. The number of benzene rings is 1. The van der Waals surface area contributed by atoms with Gasteiger partial charge in [0.25, 0.3) is 0 Å². The number of nitrogens with zero attached hydrogens (tertiary/aromatic N) is 2. The summed E-state index contributed by atoms with van der Waals surface area (Å²) in [4.78, 5) is 13.1. The first kappa shape index (κ1) is 17.1. The molecule has 26 heavy (non-hydrogen) atoms. The van der Waals surface area contributed by atoms with Crippen LogP contribution >= 0.6 is 0 Å². The van der Waals surface area contributed by atoms with Crippen LogP contribution in [0.5, 0.6) is 11.5 Å². The van der Waals surface area contributed by atoms with E-state index in [9.17, 15) is 4.79 Å². The van der Waals surface area contributed by atoms with E-state index in [1.54, 1.807) is 19.2 Å². The third kappa shape index (κ3) is 2.89. The average Bonchev–Trinajstić information content (AvgIpc) is 3.22. The van der Waals surface area contributed by atoms with E-state index in [2.05, 4.69) is 12.2 Å². The van der Waals surface area contributed by atoms with Crippen LogP contribution in [0.25, 0.3) is 0 Å². The maximum absolute atomic E-state index is 13.1. The van der Waals surface area contributed by atoms with Crippen LogP contribution in [-0.4, -0.2) is 36.9 Å². The van der Waals surface area contributed by atoms with E-state index >= 15 is 0 Å². The highest BCUT2D eigenvalue weighted by atomic mass is 16.5. The zero-order chi connectivity index (χ0) is 18.1. The normalized spacial score (nSPS) is 25.8. The molecule has 1 heterocycles. The van der Waals surface area contributed by atoms with Crippen molar-refractivity contribution in [1.82, 2.24) is 5.01 Å². The molecule has 138 valence electrons. The highest BCUT2D eigenvalue weighted by Gasteiger charge is 2.42. The Kier molecular flexibility index (Phi) is 4.70. The number of ether oxygens (including phenoxy) is 2. The van der Waals surface area contributed by atoms with E-state index in [0.717, 1.165) is 37.0 Å². The molecule has 0 spiro atoms. The van der Waals surface area contributed by atoms with E-state index in [0.29, 0.717) is 11.5 Å². The minimum atomic E-state index is 0.00111. The first-order valence-corrected chi connectivity index (χ1v) is 9.52. The molecule has 5 nitrogen and oxygen atoms in total. The minimum Gasteiger partial charge on any atom is -0.493 e. The first-order chi connectivity index (χ1) is 12.7. The smallest absolute Gasteiger partial charge is 0.247 e. The molecule has 2 aliphatic carbocycles. The van der Waals surface area contributed by atoms with E-state index in [-0.39, 0.29) is 23.8 Å². The van der Waals surface area contributed by atoms with Crippen LogP contribution in [0.4, 0.5) is 0 Å². The lowest BCUT2D eigenvalue weighted by Crippen LogP contribution is -2.48. The monoisotopic (exact) mass is 354 g/mol. The third-order valence-electron chi connectivity index (χ3n) is 5.89. The summed E-state index contributed by atoms with van der Waals surface area (Å²) in [6, 6.07) is 6.18. The van der Waals surface area contributed by atoms with Gasteiger partial charge in [0.1, 0.15) is 0 Å². The van der Waals surface area contributed by atoms with E-state index in [1.165, 1.54) is 12.8 Å². The van der Waals surface area contributed by atoms with Crippen LogP contribution in [0.2, 0.25) is 0 Å². The number of methoxy groups -OCH3 is 2. The SMILES string of the molecule is COc1ccc(C2=NN(C3CCCC3)C(=O)[C@H]3CC=CC[C@@H]23)cc1OC. The summed E-state index contributed by atoms with van der Waals surface area (Å²) >= 11 is 0. The number of carbonyl (C=O) groups is 1. The van der Waals surface area contributed by atoms with Gasteiger partial charge in [0.2, 0.25) is 5.91 Å². The number of allylic oxidation sites excluding steroid dienone is 2. The highest BCUT2D eigenvalue weighted by molar-refractivity contribution is 6.07. The van der Waals surface area contributed by atoms with Gasteiger partial charge in [0, 0.05) is 11.5 Å². The fourth-order valence-electron chi connectivity index (χ4n) is 4.48. The van der Waals surface area contributed by atoms with Gasteiger partial charge in [-0.1, -0.05) is 25.0 Å². The Morgan fingerprint density at radius 3 is 2.38 bits per heavy atom. The molecule has 1 amide bonds. The van der Waals surface area contributed by atoms with Gasteiger partial charge in [0.15, 0.2) is 11.5 Å². The molecular weight excluding hydrogens is 328 g/mol. The van der Waals surface area contributed by atoms with Crippen LogP contribution in [0, 0.1) is 11.8 Å². The zero-order valence-electron chi connectivity index (χ0n) is 15.5.